The first-order valence-corrected chi connectivity index (χ1v) is 8.14. The number of allylic oxidation sites excluding steroid dienone is 2. The number of methoxy groups -OCH3 is 1. The second-order valence-corrected chi connectivity index (χ2v) is 6.71. The maximum Gasteiger partial charge on any atom is 0.309 e. The number of aryl methyl sites for hydroxylation is 1. The Morgan fingerprint density at radius 1 is 1.36 bits per heavy atom. The smallest absolute Gasteiger partial charge is 0.309 e. The van der Waals surface area contributed by atoms with Gasteiger partial charge in [-0.25, -0.2) is 0 Å². The van der Waals surface area contributed by atoms with Crippen molar-refractivity contribution in [3.63, 3.8) is 0 Å². The Kier molecular flexibility index (Phi) is 3.75. The van der Waals surface area contributed by atoms with Crippen molar-refractivity contribution in [2.24, 2.45) is 11.3 Å². The molecule has 0 radical (unpaired) electrons. The molecule has 0 fully saturated rings. The van der Waals surface area contributed by atoms with Crippen molar-refractivity contribution in [3.8, 4) is 5.75 Å². The van der Waals surface area contributed by atoms with Crippen LogP contribution < -0.4 is 4.74 Å². The van der Waals surface area contributed by atoms with Gasteiger partial charge in [0.15, 0.2) is 0 Å². The van der Waals surface area contributed by atoms with Crippen molar-refractivity contribution >= 4 is 11.5 Å². The lowest BCUT2D eigenvalue weighted by molar-refractivity contribution is -0.151. The van der Waals surface area contributed by atoms with E-state index in [1.54, 1.807) is 7.11 Å². The standard InChI is InChI=1S/C19H24O3/c1-4-17-16-7-5-12-11-13(22-3)6-8-14(12)15(16)9-10-19(17,2)18(20)21/h6,8,11,17H,4-5,7,9-10H2,1-3H3,(H,20,21). The van der Waals surface area contributed by atoms with Crippen molar-refractivity contribution in [2.45, 2.75) is 46.0 Å². The summed E-state index contributed by atoms with van der Waals surface area (Å²) in [6.45, 7) is 4.04. The van der Waals surface area contributed by atoms with Gasteiger partial charge >= 0.3 is 5.97 Å². The summed E-state index contributed by atoms with van der Waals surface area (Å²) in [5.41, 5.74) is 4.82. The molecule has 2 atom stereocenters. The SMILES string of the molecule is CCC1C2=C(CCC1(C)C(=O)O)c1ccc(OC)cc1CC2. The number of hydrogen-bond donors (Lipinski definition) is 1. The highest BCUT2D eigenvalue weighted by Crippen LogP contribution is 2.52. The van der Waals surface area contributed by atoms with Crippen LogP contribution in [0, 0.1) is 11.3 Å². The van der Waals surface area contributed by atoms with Gasteiger partial charge in [0.1, 0.15) is 5.75 Å². The lowest BCUT2D eigenvalue weighted by Gasteiger charge is -2.43. The van der Waals surface area contributed by atoms with Crippen LogP contribution in [0.2, 0.25) is 0 Å². The summed E-state index contributed by atoms with van der Waals surface area (Å²) in [4.78, 5) is 11.8. The molecule has 3 heteroatoms. The third-order valence-electron chi connectivity index (χ3n) is 5.67. The molecule has 2 aliphatic rings. The molecule has 22 heavy (non-hydrogen) atoms. The average Bonchev–Trinajstić information content (AvgIpc) is 2.53. The summed E-state index contributed by atoms with van der Waals surface area (Å²) >= 11 is 0. The van der Waals surface area contributed by atoms with Gasteiger partial charge in [0.05, 0.1) is 12.5 Å². The Hall–Kier alpha value is -1.77. The Morgan fingerprint density at radius 2 is 2.14 bits per heavy atom. The lowest BCUT2D eigenvalue weighted by atomic mass is 9.60. The Morgan fingerprint density at radius 3 is 2.77 bits per heavy atom. The maximum atomic E-state index is 11.8. The molecule has 0 aliphatic heterocycles. The zero-order valence-electron chi connectivity index (χ0n) is 13.6. The highest BCUT2D eigenvalue weighted by molar-refractivity contribution is 5.81. The molecule has 1 aromatic carbocycles. The molecule has 2 unspecified atom stereocenters. The van der Waals surface area contributed by atoms with Crippen molar-refractivity contribution in [1.82, 2.24) is 0 Å². The van der Waals surface area contributed by atoms with E-state index in [9.17, 15) is 9.90 Å². The summed E-state index contributed by atoms with van der Waals surface area (Å²) < 4.78 is 5.33. The summed E-state index contributed by atoms with van der Waals surface area (Å²) in [5.74, 6) is 0.413. The predicted octanol–water partition coefficient (Wildman–Crippen LogP) is 4.31. The molecule has 0 bridgehead atoms. The molecule has 1 N–H and O–H groups in total. The quantitative estimate of drug-likeness (QED) is 0.905. The van der Waals surface area contributed by atoms with Crippen LogP contribution in [0.4, 0.5) is 0 Å². The first kappa shape index (κ1) is 15.1. The van der Waals surface area contributed by atoms with E-state index in [-0.39, 0.29) is 5.92 Å². The molecule has 0 heterocycles. The van der Waals surface area contributed by atoms with Gasteiger partial charge in [-0.1, -0.05) is 18.6 Å². The largest absolute Gasteiger partial charge is 0.497 e. The van der Waals surface area contributed by atoms with Crippen LogP contribution in [-0.2, 0) is 11.2 Å². The van der Waals surface area contributed by atoms with Crippen LogP contribution in [0.15, 0.2) is 23.8 Å². The number of fused-ring (bicyclic) bond motifs is 2. The van der Waals surface area contributed by atoms with Crippen LogP contribution in [0.1, 0.15) is 50.7 Å². The van der Waals surface area contributed by atoms with Crippen molar-refractivity contribution in [3.05, 3.63) is 34.9 Å². The van der Waals surface area contributed by atoms with Gasteiger partial charge in [-0.05, 0) is 73.8 Å². The summed E-state index contributed by atoms with van der Waals surface area (Å²) in [5, 5.41) is 9.71. The van der Waals surface area contributed by atoms with Gasteiger partial charge in [-0.2, -0.15) is 0 Å². The van der Waals surface area contributed by atoms with E-state index >= 15 is 0 Å². The number of benzene rings is 1. The molecule has 1 aromatic rings. The van der Waals surface area contributed by atoms with Crippen molar-refractivity contribution < 1.29 is 14.6 Å². The Labute approximate surface area is 132 Å². The van der Waals surface area contributed by atoms with Crippen molar-refractivity contribution in [2.75, 3.05) is 7.11 Å². The van der Waals surface area contributed by atoms with E-state index in [0.29, 0.717) is 0 Å². The molecule has 118 valence electrons. The van der Waals surface area contributed by atoms with Crippen LogP contribution in [0.3, 0.4) is 0 Å². The summed E-state index contributed by atoms with van der Waals surface area (Å²) in [6, 6.07) is 6.30. The third-order valence-corrected chi connectivity index (χ3v) is 5.67. The van der Waals surface area contributed by atoms with Gasteiger partial charge in [-0.15, -0.1) is 0 Å². The minimum atomic E-state index is -0.647. The second kappa shape index (κ2) is 5.45. The molecule has 3 nitrogen and oxygen atoms in total. The van der Waals surface area contributed by atoms with E-state index in [0.717, 1.165) is 37.9 Å². The van der Waals surface area contributed by atoms with Crippen LogP contribution in [0.5, 0.6) is 5.75 Å². The normalized spacial score (nSPS) is 27.1. The fourth-order valence-corrected chi connectivity index (χ4v) is 4.37. The van der Waals surface area contributed by atoms with Crippen molar-refractivity contribution in [1.29, 1.82) is 0 Å². The van der Waals surface area contributed by atoms with Gasteiger partial charge in [0, 0.05) is 0 Å². The number of carboxylic acids is 1. The van der Waals surface area contributed by atoms with Gasteiger partial charge in [-0.3, -0.25) is 4.79 Å². The molecular formula is C19H24O3. The average molecular weight is 300 g/mol. The fraction of sp³-hybridized carbons (Fsp3) is 0.526. The number of rotatable bonds is 3. The fourth-order valence-electron chi connectivity index (χ4n) is 4.37. The number of hydrogen-bond acceptors (Lipinski definition) is 2. The lowest BCUT2D eigenvalue weighted by Crippen LogP contribution is -2.40. The molecule has 2 aliphatic carbocycles. The van der Waals surface area contributed by atoms with Crippen LogP contribution >= 0.6 is 0 Å². The number of ether oxygens (including phenoxy) is 1. The minimum absolute atomic E-state index is 0.156. The molecule has 0 saturated carbocycles. The number of carbonyl (C=O) groups is 1. The van der Waals surface area contributed by atoms with E-state index in [4.69, 9.17) is 4.74 Å². The summed E-state index contributed by atoms with van der Waals surface area (Å²) in [6.07, 6.45) is 4.46. The van der Waals surface area contributed by atoms with E-state index in [1.807, 2.05) is 13.0 Å². The number of carboxylic acid groups (broad SMARTS) is 1. The van der Waals surface area contributed by atoms with Gasteiger partial charge < -0.3 is 9.84 Å². The zero-order valence-corrected chi connectivity index (χ0v) is 13.6. The molecule has 0 aromatic heterocycles. The van der Waals surface area contributed by atoms with Gasteiger partial charge in [0.2, 0.25) is 0 Å². The molecule has 0 amide bonds. The second-order valence-electron chi connectivity index (χ2n) is 6.71. The van der Waals surface area contributed by atoms with E-state index in [2.05, 4.69) is 19.1 Å². The third kappa shape index (κ3) is 2.15. The molecule has 3 rings (SSSR count). The van der Waals surface area contributed by atoms with Crippen LogP contribution in [-0.4, -0.2) is 18.2 Å². The van der Waals surface area contributed by atoms with E-state index < -0.39 is 11.4 Å². The van der Waals surface area contributed by atoms with Crippen LogP contribution in [0.25, 0.3) is 5.57 Å². The monoisotopic (exact) mass is 300 g/mol. The zero-order chi connectivity index (χ0) is 15.9. The predicted molar refractivity (Wildman–Crippen MR) is 87.0 cm³/mol. The first-order valence-electron chi connectivity index (χ1n) is 8.14. The molecular weight excluding hydrogens is 276 g/mol. The minimum Gasteiger partial charge on any atom is -0.497 e. The Bertz CT molecular complexity index is 644. The highest BCUT2D eigenvalue weighted by Gasteiger charge is 2.46. The first-order chi connectivity index (χ1) is 10.5. The van der Waals surface area contributed by atoms with E-state index in [1.165, 1.54) is 22.3 Å². The molecule has 0 saturated heterocycles. The molecule has 0 spiro atoms. The Balaban J connectivity index is 2.08. The number of aliphatic carboxylic acids is 1. The topological polar surface area (TPSA) is 46.5 Å². The maximum absolute atomic E-state index is 11.8. The highest BCUT2D eigenvalue weighted by atomic mass is 16.5. The van der Waals surface area contributed by atoms with Gasteiger partial charge in [0.25, 0.3) is 0 Å². The summed E-state index contributed by atoms with van der Waals surface area (Å²) in [7, 11) is 1.70.